The van der Waals surface area contributed by atoms with E-state index >= 15 is 0 Å². The summed E-state index contributed by atoms with van der Waals surface area (Å²) >= 11 is 0. The molecule has 4 amide bonds. The molecule has 4 rings (SSSR count). The Bertz CT molecular complexity index is 1190. The monoisotopic (exact) mass is 505 g/mol. The van der Waals surface area contributed by atoms with Crippen molar-refractivity contribution in [2.45, 2.75) is 52.1 Å². The minimum absolute atomic E-state index is 0.139. The van der Waals surface area contributed by atoms with E-state index < -0.39 is 24.7 Å². The third-order valence-corrected chi connectivity index (χ3v) is 6.80. The predicted octanol–water partition coefficient (Wildman–Crippen LogP) is 3.37. The highest BCUT2D eigenvalue weighted by Crippen LogP contribution is 2.30. The molecular formula is C28H35N5O4. The maximum atomic E-state index is 13.8. The SMILES string of the molecule is Cc1cccc(NC(=O)NC2N=C(CO)c3cccc(C)c3N(CC(=O)N3CCCCCCC3)C2=O)c1. The van der Waals surface area contributed by atoms with Crippen LogP contribution < -0.4 is 15.5 Å². The van der Waals surface area contributed by atoms with Gasteiger partial charge in [-0.05, 0) is 49.9 Å². The van der Waals surface area contributed by atoms with Crippen LogP contribution in [0.4, 0.5) is 16.2 Å². The number of aliphatic hydroxyl groups is 1. The minimum atomic E-state index is -1.31. The highest BCUT2D eigenvalue weighted by Gasteiger charge is 2.35. The zero-order valence-corrected chi connectivity index (χ0v) is 21.5. The van der Waals surface area contributed by atoms with Crippen LogP contribution in [0.5, 0.6) is 0 Å². The van der Waals surface area contributed by atoms with Crippen molar-refractivity contribution in [1.29, 1.82) is 0 Å². The summed E-state index contributed by atoms with van der Waals surface area (Å²) < 4.78 is 0. The van der Waals surface area contributed by atoms with Gasteiger partial charge in [-0.1, -0.05) is 49.6 Å². The first-order valence-corrected chi connectivity index (χ1v) is 12.9. The van der Waals surface area contributed by atoms with Gasteiger partial charge in [0.1, 0.15) is 6.54 Å². The molecule has 2 heterocycles. The molecule has 0 aliphatic carbocycles. The van der Waals surface area contributed by atoms with Crippen molar-refractivity contribution >= 4 is 34.9 Å². The first kappa shape index (κ1) is 26.3. The van der Waals surface area contributed by atoms with Crippen LogP contribution in [0, 0.1) is 13.8 Å². The summed E-state index contributed by atoms with van der Waals surface area (Å²) in [5, 5.41) is 15.5. The molecule has 9 nitrogen and oxygen atoms in total. The Balaban J connectivity index is 1.62. The Morgan fingerprint density at radius 3 is 2.43 bits per heavy atom. The first-order chi connectivity index (χ1) is 17.9. The van der Waals surface area contributed by atoms with Gasteiger partial charge in [-0.25, -0.2) is 4.79 Å². The number of rotatable bonds is 5. The molecule has 0 radical (unpaired) electrons. The van der Waals surface area contributed by atoms with Crippen LogP contribution in [-0.2, 0) is 9.59 Å². The van der Waals surface area contributed by atoms with Crippen LogP contribution >= 0.6 is 0 Å². The van der Waals surface area contributed by atoms with Crippen LogP contribution in [-0.4, -0.2) is 66.0 Å². The molecular weight excluding hydrogens is 470 g/mol. The lowest BCUT2D eigenvalue weighted by molar-refractivity contribution is -0.132. The number of amides is 4. The number of anilines is 2. The van der Waals surface area contributed by atoms with Gasteiger partial charge in [0.05, 0.1) is 18.0 Å². The number of nitrogens with zero attached hydrogens (tertiary/aromatic N) is 3. The van der Waals surface area contributed by atoms with Gasteiger partial charge in [0, 0.05) is 24.3 Å². The number of carbonyl (C=O) groups excluding carboxylic acids is 3. The number of carbonyl (C=O) groups is 3. The largest absolute Gasteiger partial charge is 0.390 e. The lowest BCUT2D eigenvalue weighted by Crippen LogP contribution is -2.52. The Kier molecular flexibility index (Phi) is 8.55. The highest BCUT2D eigenvalue weighted by molar-refractivity contribution is 6.15. The quantitative estimate of drug-likeness (QED) is 0.578. The fourth-order valence-electron chi connectivity index (χ4n) is 4.91. The molecule has 2 aromatic carbocycles. The zero-order chi connectivity index (χ0) is 26.4. The molecule has 2 aromatic rings. The number of aliphatic hydroxyl groups excluding tert-OH is 1. The van der Waals surface area contributed by atoms with E-state index in [0.29, 0.717) is 30.0 Å². The van der Waals surface area contributed by atoms with E-state index in [0.717, 1.165) is 36.8 Å². The summed E-state index contributed by atoms with van der Waals surface area (Å²) in [7, 11) is 0. The molecule has 37 heavy (non-hydrogen) atoms. The summed E-state index contributed by atoms with van der Waals surface area (Å²) in [5.41, 5.74) is 3.70. The van der Waals surface area contributed by atoms with E-state index in [1.807, 2.05) is 49.1 Å². The molecule has 196 valence electrons. The Morgan fingerprint density at radius 1 is 1.03 bits per heavy atom. The Morgan fingerprint density at radius 2 is 1.73 bits per heavy atom. The van der Waals surface area contributed by atoms with Crippen molar-refractivity contribution < 1.29 is 19.5 Å². The van der Waals surface area contributed by atoms with Crippen LogP contribution in [0.1, 0.15) is 48.8 Å². The lowest BCUT2D eigenvalue weighted by atomic mass is 10.0. The second-order valence-electron chi connectivity index (χ2n) is 9.65. The summed E-state index contributed by atoms with van der Waals surface area (Å²) in [6.45, 7) is 4.52. The topological polar surface area (TPSA) is 114 Å². The van der Waals surface area contributed by atoms with E-state index in [1.165, 1.54) is 11.3 Å². The molecule has 2 aliphatic rings. The Labute approximate surface area is 217 Å². The minimum Gasteiger partial charge on any atom is -0.390 e. The summed E-state index contributed by atoms with van der Waals surface area (Å²) in [6.07, 6.45) is 3.93. The fourth-order valence-corrected chi connectivity index (χ4v) is 4.91. The van der Waals surface area contributed by atoms with E-state index in [-0.39, 0.29) is 18.2 Å². The molecule has 1 unspecified atom stereocenters. The molecule has 3 N–H and O–H groups in total. The molecule has 1 fully saturated rings. The number of hydrogen-bond acceptors (Lipinski definition) is 5. The maximum Gasteiger partial charge on any atom is 0.321 e. The number of urea groups is 1. The van der Waals surface area contributed by atoms with Gasteiger partial charge in [-0.3, -0.25) is 19.5 Å². The average Bonchev–Trinajstić information content (AvgIpc) is 2.94. The van der Waals surface area contributed by atoms with E-state index in [4.69, 9.17) is 0 Å². The van der Waals surface area contributed by atoms with Gasteiger partial charge < -0.3 is 20.6 Å². The van der Waals surface area contributed by atoms with Crippen molar-refractivity contribution in [3.8, 4) is 0 Å². The molecule has 9 heteroatoms. The standard InChI is InChI=1S/C28H35N5O4/c1-19-10-8-12-21(16-19)29-28(37)31-26-27(36)33(17-24(35)32-14-6-4-3-5-7-15-32)25-20(2)11-9-13-22(25)23(18-34)30-26/h8-13,16,26,34H,3-7,14-15,17-18H2,1-2H3,(H2,29,31,37). The second kappa shape index (κ2) is 12.0. The zero-order valence-electron chi connectivity index (χ0n) is 21.5. The van der Waals surface area contributed by atoms with Crippen molar-refractivity contribution in [3.05, 3.63) is 59.2 Å². The third kappa shape index (κ3) is 6.35. The van der Waals surface area contributed by atoms with Crippen LogP contribution in [0.3, 0.4) is 0 Å². The Hall–Kier alpha value is -3.72. The van der Waals surface area contributed by atoms with Crippen LogP contribution in [0.2, 0.25) is 0 Å². The van der Waals surface area contributed by atoms with Gasteiger partial charge in [0.2, 0.25) is 12.1 Å². The molecule has 0 spiro atoms. The summed E-state index contributed by atoms with van der Waals surface area (Å²) in [4.78, 5) is 47.7. The van der Waals surface area contributed by atoms with Gasteiger partial charge in [0.15, 0.2) is 0 Å². The van der Waals surface area contributed by atoms with Crippen molar-refractivity contribution in [2.75, 3.05) is 36.5 Å². The number of aryl methyl sites for hydroxylation is 2. The van der Waals surface area contributed by atoms with E-state index in [1.54, 1.807) is 12.1 Å². The van der Waals surface area contributed by atoms with E-state index in [2.05, 4.69) is 15.6 Å². The number of aliphatic imine (C=N–C) groups is 1. The van der Waals surface area contributed by atoms with Gasteiger partial charge in [-0.2, -0.15) is 0 Å². The van der Waals surface area contributed by atoms with Crippen molar-refractivity contribution in [2.24, 2.45) is 4.99 Å². The number of para-hydroxylation sites is 1. The molecule has 0 aromatic heterocycles. The van der Waals surface area contributed by atoms with Crippen LogP contribution in [0.15, 0.2) is 47.5 Å². The molecule has 0 saturated carbocycles. The predicted molar refractivity (Wildman–Crippen MR) is 144 cm³/mol. The third-order valence-electron chi connectivity index (χ3n) is 6.80. The number of hydrogen-bond donors (Lipinski definition) is 3. The maximum absolute atomic E-state index is 13.8. The fraction of sp³-hybridized carbons (Fsp3) is 0.429. The number of benzodiazepines with no additional fused rings is 1. The van der Waals surface area contributed by atoms with Crippen molar-refractivity contribution in [1.82, 2.24) is 10.2 Å². The summed E-state index contributed by atoms with van der Waals surface area (Å²) in [5.74, 6) is -0.668. The molecule has 2 aliphatic heterocycles. The average molecular weight is 506 g/mol. The van der Waals surface area contributed by atoms with Gasteiger partial charge in [-0.15, -0.1) is 0 Å². The molecule has 1 atom stereocenters. The number of fused-ring (bicyclic) bond motifs is 1. The van der Waals surface area contributed by atoms with Crippen LogP contribution in [0.25, 0.3) is 0 Å². The number of benzene rings is 2. The van der Waals surface area contributed by atoms with Crippen molar-refractivity contribution in [3.63, 3.8) is 0 Å². The second-order valence-corrected chi connectivity index (χ2v) is 9.65. The first-order valence-electron chi connectivity index (χ1n) is 12.9. The van der Waals surface area contributed by atoms with E-state index in [9.17, 15) is 19.5 Å². The number of nitrogens with one attached hydrogen (secondary N) is 2. The smallest absolute Gasteiger partial charge is 0.321 e. The summed E-state index contributed by atoms with van der Waals surface area (Å²) in [6, 6.07) is 12.1. The van der Waals surface area contributed by atoms with Gasteiger partial charge >= 0.3 is 6.03 Å². The number of likely N-dealkylation sites (tertiary alicyclic amines) is 1. The highest BCUT2D eigenvalue weighted by atomic mass is 16.3. The van der Waals surface area contributed by atoms with Gasteiger partial charge in [0.25, 0.3) is 5.91 Å². The molecule has 1 saturated heterocycles. The molecule has 0 bridgehead atoms. The normalized spacial score (nSPS) is 18.2. The lowest BCUT2D eigenvalue weighted by Gasteiger charge is -2.30.